The molecule has 1 amide bonds. The second-order valence-electron chi connectivity index (χ2n) is 8.35. The number of hydrogen-bond donors (Lipinski definition) is 2. The minimum Gasteiger partial charge on any atom is -0.470 e. The molecule has 2 aromatic heterocycles. The van der Waals surface area contributed by atoms with E-state index in [1.54, 1.807) is 24.4 Å². The summed E-state index contributed by atoms with van der Waals surface area (Å²) < 4.78 is 35.1. The summed E-state index contributed by atoms with van der Waals surface area (Å²) in [6, 6.07) is 3.60. The first kappa shape index (κ1) is 22.1. The van der Waals surface area contributed by atoms with E-state index in [2.05, 4.69) is 15.3 Å². The lowest BCUT2D eigenvalue weighted by Gasteiger charge is -2.21. The van der Waals surface area contributed by atoms with E-state index in [9.17, 15) is 18.7 Å². The fraction of sp³-hybridized carbons (Fsp3) is 0.435. The van der Waals surface area contributed by atoms with Gasteiger partial charge >= 0.3 is 0 Å². The van der Waals surface area contributed by atoms with Crippen LogP contribution in [0.15, 0.2) is 24.4 Å². The standard InChI is InChI=1S/C23H26F2N4O3/c1-14-12-29-19(21(30)26-11-10-23(31)8-3-4-9-23)15(2)28-20(29)22(27-14)32-13-16-17(24)6-5-7-18(16)25/h5-7,12,31H,3-4,8-11,13H2,1-2H3,(H,26,30). The highest BCUT2D eigenvalue weighted by molar-refractivity contribution is 5.94. The molecule has 0 bridgehead atoms. The summed E-state index contributed by atoms with van der Waals surface area (Å²) in [5, 5.41) is 13.3. The number of fused-ring (bicyclic) bond motifs is 1. The van der Waals surface area contributed by atoms with Gasteiger partial charge in [0, 0.05) is 12.7 Å². The molecule has 4 rings (SSSR count). The van der Waals surface area contributed by atoms with E-state index >= 15 is 0 Å². The van der Waals surface area contributed by atoms with Crippen LogP contribution in [-0.2, 0) is 6.61 Å². The number of ether oxygens (including phenoxy) is 1. The van der Waals surface area contributed by atoms with E-state index < -0.39 is 17.2 Å². The Labute approximate surface area is 184 Å². The van der Waals surface area contributed by atoms with Crippen molar-refractivity contribution in [3.05, 3.63) is 58.7 Å². The number of hydrogen-bond acceptors (Lipinski definition) is 5. The Bertz CT molecular complexity index is 1140. The highest BCUT2D eigenvalue weighted by Crippen LogP contribution is 2.32. The van der Waals surface area contributed by atoms with Crippen molar-refractivity contribution < 1.29 is 23.4 Å². The van der Waals surface area contributed by atoms with Gasteiger partial charge in [0.15, 0.2) is 0 Å². The molecule has 1 saturated carbocycles. The first-order valence-corrected chi connectivity index (χ1v) is 10.7. The maximum absolute atomic E-state index is 13.9. The first-order valence-electron chi connectivity index (χ1n) is 10.7. The van der Waals surface area contributed by atoms with Gasteiger partial charge in [0.1, 0.15) is 23.9 Å². The maximum Gasteiger partial charge on any atom is 0.270 e. The van der Waals surface area contributed by atoms with Gasteiger partial charge in [0.05, 0.1) is 22.6 Å². The fourth-order valence-corrected chi connectivity index (χ4v) is 4.21. The van der Waals surface area contributed by atoms with Crippen LogP contribution in [0.3, 0.4) is 0 Å². The van der Waals surface area contributed by atoms with Crippen LogP contribution in [0.4, 0.5) is 8.78 Å². The summed E-state index contributed by atoms with van der Waals surface area (Å²) in [6.45, 7) is 3.41. The highest BCUT2D eigenvalue weighted by Gasteiger charge is 2.31. The maximum atomic E-state index is 13.9. The second-order valence-corrected chi connectivity index (χ2v) is 8.35. The number of aryl methyl sites for hydroxylation is 2. The molecule has 0 atom stereocenters. The number of rotatable bonds is 7. The van der Waals surface area contributed by atoms with Crippen molar-refractivity contribution in [1.82, 2.24) is 19.7 Å². The Morgan fingerprint density at radius 3 is 2.59 bits per heavy atom. The van der Waals surface area contributed by atoms with Gasteiger partial charge in [-0.15, -0.1) is 0 Å². The van der Waals surface area contributed by atoms with Crippen LogP contribution in [0, 0.1) is 25.5 Å². The predicted octanol–water partition coefficient (Wildman–Crippen LogP) is 3.63. The van der Waals surface area contributed by atoms with Gasteiger partial charge in [0.2, 0.25) is 5.65 Å². The van der Waals surface area contributed by atoms with Crippen LogP contribution in [0.25, 0.3) is 5.65 Å². The molecule has 0 aliphatic heterocycles. The van der Waals surface area contributed by atoms with Gasteiger partial charge in [-0.1, -0.05) is 18.9 Å². The molecule has 1 aliphatic rings. The Morgan fingerprint density at radius 1 is 1.22 bits per heavy atom. The van der Waals surface area contributed by atoms with Crippen molar-refractivity contribution >= 4 is 11.6 Å². The highest BCUT2D eigenvalue weighted by atomic mass is 19.1. The number of nitrogens with one attached hydrogen (secondary N) is 1. The van der Waals surface area contributed by atoms with Crippen LogP contribution in [0.5, 0.6) is 5.88 Å². The fourth-order valence-electron chi connectivity index (χ4n) is 4.21. The molecule has 1 fully saturated rings. The minimum atomic E-state index is -0.711. The summed E-state index contributed by atoms with van der Waals surface area (Å²) in [7, 11) is 0. The summed E-state index contributed by atoms with van der Waals surface area (Å²) in [5.74, 6) is -1.67. The molecule has 1 aromatic carbocycles. The largest absolute Gasteiger partial charge is 0.470 e. The summed E-state index contributed by atoms with van der Waals surface area (Å²) in [5.41, 5.74) is 0.714. The van der Waals surface area contributed by atoms with Crippen LogP contribution < -0.4 is 10.1 Å². The average molecular weight is 444 g/mol. The molecule has 0 spiro atoms. The van der Waals surface area contributed by atoms with Crippen molar-refractivity contribution in [2.45, 2.75) is 58.2 Å². The number of aliphatic hydroxyl groups is 1. The number of aromatic nitrogens is 3. The van der Waals surface area contributed by atoms with Crippen molar-refractivity contribution in [2.75, 3.05) is 6.54 Å². The zero-order valence-corrected chi connectivity index (χ0v) is 18.1. The van der Waals surface area contributed by atoms with Gasteiger partial charge in [-0.05, 0) is 45.2 Å². The lowest BCUT2D eigenvalue weighted by molar-refractivity contribution is 0.0389. The third kappa shape index (κ3) is 4.43. The van der Waals surface area contributed by atoms with Crippen molar-refractivity contribution in [1.29, 1.82) is 0 Å². The molecular formula is C23H26F2N4O3. The van der Waals surface area contributed by atoms with E-state index in [1.165, 1.54) is 6.07 Å². The number of imidazole rings is 1. The van der Waals surface area contributed by atoms with Gasteiger partial charge < -0.3 is 15.2 Å². The van der Waals surface area contributed by atoms with Crippen LogP contribution in [0.2, 0.25) is 0 Å². The van der Waals surface area contributed by atoms with Crippen molar-refractivity contribution in [3.63, 3.8) is 0 Å². The third-order valence-corrected chi connectivity index (χ3v) is 5.91. The van der Waals surface area contributed by atoms with Crippen LogP contribution in [-0.4, -0.2) is 37.5 Å². The Balaban J connectivity index is 1.55. The lowest BCUT2D eigenvalue weighted by Crippen LogP contribution is -2.33. The van der Waals surface area contributed by atoms with E-state index in [0.29, 0.717) is 30.0 Å². The molecule has 32 heavy (non-hydrogen) atoms. The zero-order valence-electron chi connectivity index (χ0n) is 18.1. The van der Waals surface area contributed by atoms with Crippen molar-refractivity contribution in [3.8, 4) is 5.88 Å². The van der Waals surface area contributed by atoms with Crippen LogP contribution >= 0.6 is 0 Å². The minimum absolute atomic E-state index is 0.0788. The SMILES string of the molecule is Cc1cn2c(C(=O)NCCC3(O)CCCC3)c(C)nc2c(OCc2c(F)cccc2F)n1. The van der Waals surface area contributed by atoms with E-state index in [0.717, 1.165) is 37.8 Å². The van der Waals surface area contributed by atoms with Gasteiger partial charge in [0.25, 0.3) is 11.8 Å². The van der Waals surface area contributed by atoms with E-state index in [4.69, 9.17) is 4.74 Å². The zero-order chi connectivity index (χ0) is 22.9. The number of benzene rings is 1. The summed E-state index contributed by atoms with van der Waals surface area (Å²) >= 11 is 0. The van der Waals surface area contributed by atoms with Crippen LogP contribution in [0.1, 0.15) is 59.5 Å². The van der Waals surface area contributed by atoms with Gasteiger partial charge in [-0.3, -0.25) is 9.20 Å². The molecule has 0 radical (unpaired) electrons. The number of amides is 1. The Kier molecular flexibility index (Phi) is 6.10. The molecule has 0 saturated heterocycles. The predicted molar refractivity (Wildman–Crippen MR) is 114 cm³/mol. The topological polar surface area (TPSA) is 88.8 Å². The Morgan fingerprint density at radius 2 is 1.91 bits per heavy atom. The number of carbonyl (C=O) groups excluding carboxylic acids is 1. The number of nitrogens with zero attached hydrogens (tertiary/aromatic N) is 3. The molecule has 1 aliphatic carbocycles. The normalized spacial score (nSPS) is 15.3. The third-order valence-electron chi connectivity index (χ3n) is 5.91. The summed E-state index contributed by atoms with van der Waals surface area (Å²) in [4.78, 5) is 21.6. The number of carbonyl (C=O) groups is 1. The molecule has 2 heterocycles. The molecule has 170 valence electrons. The van der Waals surface area contributed by atoms with Gasteiger partial charge in [-0.25, -0.2) is 18.7 Å². The van der Waals surface area contributed by atoms with E-state index in [1.807, 2.05) is 0 Å². The smallest absolute Gasteiger partial charge is 0.270 e. The molecular weight excluding hydrogens is 418 g/mol. The molecule has 2 N–H and O–H groups in total. The molecule has 3 aromatic rings. The lowest BCUT2D eigenvalue weighted by atomic mass is 9.98. The first-order chi connectivity index (χ1) is 15.3. The van der Waals surface area contributed by atoms with E-state index in [-0.39, 0.29) is 29.6 Å². The second kappa shape index (κ2) is 8.82. The number of halogens is 2. The molecule has 7 nitrogen and oxygen atoms in total. The van der Waals surface area contributed by atoms with Gasteiger partial charge in [-0.2, -0.15) is 0 Å². The summed E-state index contributed by atoms with van der Waals surface area (Å²) in [6.07, 6.45) is 5.67. The average Bonchev–Trinajstić information content (AvgIpc) is 3.30. The van der Waals surface area contributed by atoms with Crippen molar-refractivity contribution in [2.24, 2.45) is 0 Å². The molecule has 0 unspecified atom stereocenters. The monoisotopic (exact) mass is 444 g/mol. The Hall–Kier alpha value is -3.07. The quantitative estimate of drug-likeness (QED) is 0.581. The molecule has 9 heteroatoms.